The maximum absolute atomic E-state index is 12.7. The zero-order chi connectivity index (χ0) is 23.9. The first-order chi connectivity index (χ1) is 16.6. The summed E-state index contributed by atoms with van der Waals surface area (Å²) in [5.41, 5.74) is 1.52. The second-order valence-electron chi connectivity index (χ2n) is 8.20. The highest BCUT2D eigenvalue weighted by Gasteiger charge is 2.26. The summed E-state index contributed by atoms with van der Waals surface area (Å²) < 4.78 is 12.0. The van der Waals surface area contributed by atoms with E-state index in [9.17, 15) is 9.59 Å². The summed E-state index contributed by atoms with van der Waals surface area (Å²) >= 11 is 0. The van der Waals surface area contributed by atoms with Crippen LogP contribution in [0, 0.1) is 5.92 Å². The van der Waals surface area contributed by atoms with Gasteiger partial charge in [0, 0.05) is 31.6 Å². The van der Waals surface area contributed by atoms with Gasteiger partial charge in [-0.05, 0) is 67.8 Å². The zero-order valence-electron chi connectivity index (χ0n) is 19.6. The number of piperidine rings is 1. The number of nitrogens with zero attached hydrogens (tertiary/aromatic N) is 3. The predicted molar refractivity (Wildman–Crippen MR) is 131 cm³/mol. The minimum Gasteiger partial charge on any atom is -0.497 e. The fourth-order valence-corrected chi connectivity index (χ4v) is 4.05. The van der Waals surface area contributed by atoms with E-state index in [1.807, 2.05) is 31.2 Å². The highest BCUT2D eigenvalue weighted by molar-refractivity contribution is 5.79. The Balaban J connectivity index is 1.33. The van der Waals surface area contributed by atoms with Gasteiger partial charge in [-0.25, -0.2) is 0 Å². The van der Waals surface area contributed by atoms with Crippen molar-refractivity contribution in [1.82, 2.24) is 15.1 Å². The van der Waals surface area contributed by atoms with E-state index in [1.165, 1.54) is 10.7 Å². The first kappa shape index (κ1) is 23.4. The van der Waals surface area contributed by atoms with Crippen LogP contribution in [-0.2, 0) is 11.3 Å². The van der Waals surface area contributed by atoms with E-state index < -0.39 is 0 Å². The lowest BCUT2D eigenvalue weighted by Crippen LogP contribution is -2.41. The van der Waals surface area contributed by atoms with E-state index in [0.717, 1.165) is 35.7 Å². The number of carbonyl (C=O) groups is 1. The van der Waals surface area contributed by atoms with Gasteiger partial charge in [0.2, 0.25) is 5.91 Å². The summed E-state index contributed by atoms with van der Waals surface area (Å²) in [6.45, 7) is 4.49. The van der Waals surface area contributed by atoms with Gasteiger partial charge in [0.25, 0.3) is 5.56 Å². The van der Waals surface area contributed by atoms with Crippen molar-refractivity contribution in [2.75, 3.05) is 31.7 Å². The molecule has 1 aliphatic heterocycles. The van der Waals surface area contributed by atoms with Gasteiger partial charge in [0.15, 0.2) is 0 Å². The number of carbonyl (C=O) groups excluding carboxylic acids is 1. The van der Waals surface area contributed by atoms with Gasteiger partial charge in [-0.15, -0.1) is 5.10 Å². The van der Waals surface area contributed by atoms with E-state index in [4.69, 9.17) is 9.47 Å². The van der Waals surface area contributed by atoms with Gasteiger partial charge in [0.1, 0.15) is 17.3 Å². The molecule has 1 saturated heterocycles. The van der Waals surface area contributed by atoms with Crippen molar-refractivity contribution in [3.05, 3.63) is 76.6 Å². The largest absolute Gasteiger partial charge is 0.497 e. The minimum absolute atomic E-state index is 0.0357. The number of aromatic nitrogens is 2. The van der Waals surface area contributed by atoms with Gasteiger partial charge < -0.3 is 19.7 Å². The molecule has 1 aromatic heterocycles. The van der Waals surface area contributed by atoms with Gasteiger partial charge in [-0.1, -0.05) is 12.1 Å². The number of anilines is 1. The Morgan fingerprint density at radius 2 is 1.68 bits per heavy atom. The first-order valence-electron chi connectivity index (χ1n) is 11.6. The Bertz CT molecular complexity index is 1150. The molecule has 3 aromatic rings. The molecule has 1 N–H and O–H groups in total. The summed E-state index contributed by atoms with van der Waals surface area (Å²) in [5, 5.41) is 7.62. The molecule has 8 nitrogen and oxygen atoms in total. The lowest BCUT2D eigenvalue weighted by molar-refractivity contribution is -0.125. The van der Waals surface area contributed by atoms with Crippen molar-refractivity contribution in [1.29, 1.82) is 0 Å². The normalized spacial score (nSPS) is 14.0. The van der Waals surface area contributed by atoms with E-state index in [2.05, 4.69) is 15.3 Å². The summed E-state index contributed by atoms with van der Waals surface area (Å²) in [5.74, 6) is 2.31. The standard InChI is InChI=1S/C26H30N4O4/c1-3-34-23-8-4-19(5-9-23)18-27-26(32)20-14-16-29(17-15-20)24-12-13-25(31)30(28-24)21-6-10-22(33-2)11-7-21/h4-13,20H,3,14-18H2,1-2H3,(H,27,32). The fraction of sp³-hybridized carbons (Fsp3) is 0.346. The SMILES string of the molecule is CCOc1ccc(CNC(=O)C2CCN(c3ccc(=O)n(-c4ccc(OC)cc4)n3)CC2)cc1. The van der Waals surface area contributed by atoms with Gasteiger partial charge in [-0.3, -0.25) is 9.59 Å². The number of hydrogen-bond donors (Lipinski definition) is 1. The van der Waals surface area contributed by atoms with Crippen LogP contribution >= 0.6 is 0 Å². The van der Waals surface area contributed by atoms with Crippen LogP contribution in [0.3, 0.4) is 0 Å². The number of amides is 1. The Labute approximate surface area is 199 Å². The summed E-state index contributed by atoms with van der Waals surface area (Å²) in [7, 11) is 1.60. The Hall–Kier alpha value is -3.81. The lowest BCUT2D eigenvalue weighted by Gasteiger charge is -2.32. The molecule has 0 unspecified atom stereocenters. The summed E-state index contributed by atoms with van der Waals surface area (Å²) in [6, 6.07) is 18.3. The number of ether oxygens (including phenoxy) is 2. The van der Waals surface area contributed by atoms with Crippen molar-refractivity contribution >= 4 is 11.7 Å². The van der Waals surface area contributed by atoms with E-state index in [1.54, 1.807) is 37.4 Å². The third-order valence-electron chi connectivity index (χ3n) is 5.99. The smallest absolute Gasteiger partial charge is 0.271 e. The van der Waals surface area contributed by atoms with Crippen molar-refractivity contribution in [3.63, 3.8) is 0 Å². The molecular weight excluding hydrogens is 432 g/mol. The zero-order valence-corrected chi connectivity index (χ0v) is 19.6. The van der Waals surface area contributed by atoms with Crippen molar-refractivity contribution in [2.45, 2.75) is 26.3 Å². The van der Waals surface area contributed by atoms with E-state index in [0.29, 0.717) is 31.9 Å². The highest BCUT2D eigenvalue weighted by Crippen LogP contribution is 2.22. The fourth-order valence-electron chi connectivity index (χ4n) is 4.05. The molecule has 0 aliphatic carbocycles. The summed E-state index contributed by atoms with van der Waals surface area (Å²) in [4.78, 5) is 27.2. The number of hydrogen-bond acceptors (Lipinski definition) is 6. The van der Waals surface area contributed by atoms with E-state index >= 15 is 0 Å². The molecular formula is C26H30N4O4. The second-order valence-corrected chi connectivity index (χ2v) is 8.20. The molecule has 4 rings (SSSR count). The average molecular weight is 463 g/mol. The van der Waals surface area contributed by atoms with Crippen molar-refractivity contribution < 1.29 is 14.3 Å². The Morgan fingerprint density at radius 3 is 2.32 bits per heavy atom. The van der Waals surface area contributed by atoms with Crippen LogP contribution in [-0.4, -0.2) is 42.5 Å². The average Bonchev–Trinajstić information content (AvgIpc) is 2.89. The van der Waals surface area contributed by atoms with Gasteiger partial charge in [-0.2, -0.15) is 4.68 Å². The quantitative estimate of drug-likeness (QED) is 0.554. The first-order valence-corrected chi connectivity index (χ1v) is 11.6. The third-order valence-corrected chi connectivity index (χ3v) is 5.99. The van der Waals surface area contributed by atoms with Crippen molar-refractivity contribution in [2.24, 2.45) is 5.92 Å². The number of benzene rings is 2. The van der Waals surface area contributed by atoms with Crippen LogP contribution in [0.4, 0.5) is 5.82 Å². The van der Waals surface area contributed by atoms with Gasteiger partial charge in [0.05, 0.1) is 19.4 Å². The molecule has 8 heteroatoms. The lowest BCUT2D eigenvalue weighted by atomic mass is 9.96. The number of nitrogens with one attached hydrogen (secondary N) is 1. The predicted octanol–water partition coefficient (Wildman–Crippen LogP) is 3.17. The molecule has 1 fully saturated rings. The maximum atomic E-state index is 12.7. The molecule has 2 aromatic carbocycles. The molecule has 178 valence electrons. The monoisotopic (exact) mass is 462 g/mol. The van der Waals surface area contributed by atoms with Crippen LogP contribution in [0.1, 0.15) is 25.3 Å². The van der Waals surface area contributed by atoms with Crippen LogP contribution in [0.25, 0.3) is 5.69 Å². The van der Waals surface area contributed by atoms with Crippen LogP contribution in [0.5, 0.6) is 11.5 Å². The van der Waals surface area contributed by atoms with Crippen molar-refractivity contribution in [3.8, 4) is 17.2 Å². The van der Waals surface area contributed by atoms with E-state index in [-0.39, 0.29) is 17.4 Å². The van der Waals surface area contributed by atoms with Crippen LogP contribution in [0.2, 0.25) is 0 Å². The molecule has 0 atom stereocenters. The molecule has 2 heterocycles. The molecule has 0 spiro atoms. The molecule has 0 bridgehead atoms. The number of methoxy groups -OCH3 is 1. The topological polar surface area (TPSA) is 85.7 Å². The Morgan fingerprint density at radius 1 is 1.00 bits per heavy atom. The number of rotatable bonds is 8. The molecule has 0 radical (unpaired) electrons. The molecule has 34 heavy (non-hydrogen) atoms. The highest BCUT2D eigenvalue weighted by atomic mass is 16.5. The van der Waals surface area contributed by atoms with Crippen LogP contribution < -0.4 is 25.2 Å². The van der Waals surface area contributed by atoms with Gasteiger partial charge >= 0.3 is 0 Å². The minimum atomic E-state index is -0.197. The molecule has 1 aliphatic rings. The Kier molecular flexibility index (Phi) is 7.47. The molecule has 0 saturated carbocycles. The third kappa shape index (κ3) is 5.57. The summed E-state index contributed by atoms with van der Waals surface area (Å²) in [6.07, 6.45) is 1.47. The molecule has 1 amide bonds. The maximum Gasteiger partial charge on any atom is 0.271 e. The van der Waals surface area contributed by atoms with Crippen LogP contribution in [0.15, 0.2) is 65.5 Å². The second kappa shape index (κ2) is 10.9.